The second-order valence-electron chi connectivity index (χ2n) is 8.14. The van der Waals surface area contributed by atoms with Gasteiger partial charge in [0.1, 0.15) is 16.2 Å². The van der Waals surface area contributed by atoms with E-state index in [1.165, 1.54) is 23.3 Å². The Morgan fingerprint density at radius 1 is 0.971 bits per heavy atom. The molecule has 6 nitrogen and oxygen atoms in total. The third kappa shape index (κ3) is 3.85. The van der Waals surface area contributed by atoms with E-state index < -0.39 is 0 Å². The van der Waals surface area contributed by atoms with Crippen molar-refractivity contribution < 1.29 is 4.79 Å². The average molecular weight is 484 g/mol. The Morgan fingerprint density at radius 3 is 2.71 bits per heavy atom. The molecule has 0 unspecified atom stereocenters. The minimum absolute atomic E-state index is 0.142. The lowest BCUT2D eigenvalue weighted by atomic mass is 9.97. The number of hydrogen-bond acceptors (Lipinski definition) is 7. The van der Waals surface area contributed by atoms with Crippen LogP contribution in [-0.4, -0.2) is 22.1 Å². The molecule has 5 aromatic rings. The summed E-state index contributed by atoms with van der Waals surface area (Å²) in [7, 11) is 0. The van der Waals surface area contributed by atoms with Gasteiger partial charge in [-0.1, -0.05) is 36.4 Å². The molecule has 1 amide bonds. The first-order chi connectivity index (χ1) is 16.8. The van der Waals surface area contributed by atoms with Gasteiger partial charge in [0.15, 0.2) is 5.82 Å². The van der Waals surface area contributed by atoms with E-state index in [9.17, 15) is 4.79 Å². The predicted octanol–water partition coefficient (Wildman–Crippen LogP) is 6.48. The molecule has 0 spiro atoms. The van der Waals surface area contributed by atoms with Gasteiger partial charge in [-0.05, 0) is 49.4 Å². The molecule has 3 heterocycles. The summed E-state index contributed by atoms with van der Waals surface area (Å²) in [5.74, 6) is 0.590. The maximum atomic E-state index is 12.8. The molecule has 1 aliphatic rings. The Balaban J connectivity index is 1.33. The van der Waals surface area contributed by atoms with Crippen molar-refractivity contribution in [3.8, 4) is 0 Å². The van der Waals surface area contributed by atoms with Crippen LogP contribution in [0, 0.1) is 0 Å². The van der Waals surface area contributed by atoms with Crippen LogP contribution in [0.15, 0.2) is 66.0 Å². The highest BCUT2D eigenvalue weighted by molar-refractivity contribution is 7.23. The zero-order chi connectivity index (χ0) is 22.9. The van der Waals surface area contributed by atoms with Crippen LogP contribution in [0.25, 0.3) is 20.3 Å². The van der Waals surface area contributed by atoms with Crippen LogP contribution in [0.3, 0.4) is 0 Å². The monoisotopic (exact) mass is 483 g/mol. The molecule has 168 valence electrons. The number of carbonyl (C=O) groups excluding carboxylic acids is 1. The molecule has 0 radical (unpaired) electrons. The summed E-state index contributed by atoms with van der Waals surface area (Å²) in [4.78, 5) is 24.2. The van der Waals surface area contributed by atoms with E-state index in [-0.39, 0.29) is 5.91 Å². The van der Waals surface area contributed by atoms with E-state index in [2.05, 4.69) is 31.9 Å². The van der Waals surface area contributed by atoms with E-state index in [4.69, 9.17) is 0 Å². The smallest absolute Gasteiger partial charge is 0.256 e. The number of thiophene rings is 2. The summed E-state index contributed by atoms with van der Waals surface area (Å²) in [5, 5.41) is 10.5. The number of nitrogens with zero attached hydrogens (tertiary/aromatic N) is 3. The molecule has 2 N–H and O–H groups in total. The van der Waals surface area contributed by atoms with Crippen molar-refractivity contribution >= 4 is 65.9 Å². The lowest BCUT2D eigenvalue weighted by Crippen LogP contribution is -2.11. The van der Waals surface area contributed by atoms with Crippen molar-refractivity contribution in [2.45, 2.75) is 25.7 Å². The maximum absolute atomic E-state index is 12.8. The summed E-state index contributed by atoms with van der Waals surface area (Å²) in [6.07, 6.45) is 7.97. The molecule has 2 aromatic carbocycles. The van der Waals surface area contributed by atoms with Crippen molar-refractivity contribution in [1.29, 1.82) is 0 Å². The largest absolute Gasteiger partial charge is 0.313 e. The molecular weight excluding hydrogens is 462 g/mol. The fourth-order valence-corrected chi connectivity index (χ4v) is 6.68. The quantitative estimate of drug-likeness (QED) is 0.221. The zero-order valence-corrected chi connectivity index (χ0v) is 19.9. The van der Waals surface area contributed by atoms with Crippen LogP contribution in [0.5, 0.6) is 0 Å². The van der Waals surface area contributed by atoms with Crippen molar-refractivity contribution in [3.05, 3.63) is 82.5 Å². The summed E-state index contributed by atoms with van der Waals surface area (Å²) in [5.41, 5.74) is 6.01. The van der Waals surface area contributed by atoms with Gasteiger partial charge in [-0.2, -0.15) is 5.10 Å². The normalized spacial score (nSPS) is 13.4. The maximum Gasteiger partial charge on any atom is 0.256 e. The first-order valence-electron chi connectivity index (χ1n) is 11.2. The molecular formula is C26H21N5OS2. The van der Waals surface area contributed by atoms with Crippen LogP contribution in [0.1, 0.15) is 39.2 Å². The van der Waals surface area contributed by atoms with E-state index in [0.717, 1.165) is 49.5 Å². The van der Waals surface area contributed by atoms with Crippen molar-refractivity contribution in [1.82, 2.24) is 9.97 Å². The number of hydrazone groups is 1. The van der Waals surface area contributed by atoms with Gasteiger partial charge < -0.3 is 5.32 Å². The number of carbonyl (C=O) groups is 1. The lowest BCUT2D eigenvalue weighted by molar-refractivity contribution is 0.102. The minimum Gasteiger partial charge on any atom is -0.313 e. The Labute approximate surface area is 204 Å². The minimum atomic E-state index is -0.142. The first-order valence-corrected chi connectivity index (χ1v) is 12.8. The van der Waals surface area contributed by atoms with Crippen LogP contribution >= 0.6 is 22.7 Å². The Bertz CT molecular complexity index is 1540. The number of aromatic nitrogens is 2. The Kier molecular flexibility index (Phi) is 5.52. The molecule has 0 bridgehead atoms. The van der Waals surface area contributed by atoms with Gasteiger partial charge in [0.2, 0.25) is 0 Å². The first kappa shape index (κ1) is 20.9. The van der Waals surface area contributed by atoms with Crippen molar-refractivity contribution in [2.75, 3.05) is 10.7 Å². The molecule has 0 aliphatic heterocycles. The Morgan fingerprint density at radius 2 is 1.79 bits per heavy atom. The standard InChI is InChI=1S/C26H21N5OS2/c32-24(16-8-2-1-3-9-16)30-25-19(17-10-4-6-12-20(17)33-25)14-29-31-23-22-18-11-5-7-13-21(18)34-26(22)28-15-27-23/h1-4,6,8-10,12,14-15H,5,7,11,13H2,(H,30,32)(H,27,28,31)/b29-14+. The third-order valence-electron chi connectivity index (χ3n) is 6.01. The molecule has 0 atom stereocenters. The number of benzene rings is 2. The molecule has 8 heteroatoms. The average Bonchev–Trinajstić information content (AvgIpc) is 3.43. The van der Waals surface area contributed by atoms with Crippen LogP contribution in [0.4, 0.5) is 10.8 Å². The third-order valence-corrected chi connectivity index (χ3v) is 8.31. The highest BCUT2D eigenvalue weighted by atomic mass is 32.1. The van der Waals surface area contributed by atoms with Gasteiger partial charge in [0.25, 0.3) is 5.91 Å². The fourth-order valence-electron chi connectivity index (χ4n) is 4.38. The molecule has 0 fully saturated rings. The number of anilines is 2. The number of rotatable bonds is 5. The van der Waals surface area contributed by atoms with Gasteiger partial charge in [0.05, 0.1) is 11.6 Å². The number of amides is 1. The van der Waals surface area contributed by atoms with Crippen molar-refractivity contribution in [2.24, 2.45) is 5.10 Å². The summed E-state index contributed by atoms with van der Waals surface area (Å²) >= 11 is 3.31. The molecule has 0 saturated heterocycles. The molecule has 34 heavy (non-hydrogen) atoms. The second kappa shape index (κ2) is 8.96. The van der Waals surface area contributed by atoms with Crippen LogP contribution in [-0.2, 0) is 12.8 Å². The predicted molar refractivity (Wildman–Crippen MR) is 141 cm³/mol. The number of hydrogen-bond donors (Lipinski definition) is 2. The molecule has 3 aromatic heterocycles. The van der Waals surface area contributed by atoms with E-state index >= 15 is 0 Å². The van der Waals surface area contributed by atoms with Gasteiger partial charge in [-0.3, -0.25) is 10.2 Å². The zero-order valence-electron chi connectivity index (χ0n) is 18.2. The summed E-state index contributed by atoms with van der Waals surface area (Å²) in [6.45, 7) is 0. The highest BCUT2D eigenvalue weighted by Crippen LogP contribution is 2.38. The lowest BCUT2D eigenvalue weighted by Gasteiger charge is -2.11. The van der Waals surface area contributed by atoms with E-state index in [1.54, 1.807) is 47.3 Å². The number of fused-ring (bicyclic) bond motifs is 4. The fraction of sp³-hybridized carbons (Fsp3) is 0.154. The van der Waals surface area contributed by atoms with Gasteiger partial charge in [-0.25, -0.2) is 9.97 Å². The molecule has 0 saturated carbocycles. The summed E-state index contributed by atoms with van der Waals surface area (Å²) in [6, 6.07) is 17.3. The SMILES string of the molecule is O=C(Nc1sc2ccccc2c1/C=N/Nc1ncnc2sc3c(c12)CCCC3)c1ccccc1. The van der Waals surface area contributed by atoms with Gasteiger partial charge in [-0.15, -0.1) is 22.7 Å². The summed E-state index contributed by atoms with van der Waals surface area (Å²) < 4.78 is 1.09. The van der Waals surface area contributed by atoms with Gasteiger partial charge >= 0.3 is 0 Å². The number of aryl methyl sites for hydroxylation is 2. The van der Waals surface area contributed by atoms with Gasteiger partial charge in [0, 0.05) is 26.1 Å². The topological polar surface area (TPSA) is 79.3 Å². The number of nitrogens with one attached hydrogen (secondary N) is 2. The second-order valence-corrected chi connectivity index (χ2v) is 10.3. The van der Waals surface area contributed by atoms with Crippen LogP contribution in [0.2, 0.25) is 0 Å². The van der Waals surface area contributed by atoms with E-state index in [1.807, 2.05) is 36.4 Å². The van der Waals surface area contributed by atoms with E-state index in [0.29, 0.717) is 5.56 Å². The molecule has 6 rings (SSSR count). The van der Waals surface area contributed by atoms with Crippen LogP contribution < -0.4 is 10.7 Å². The highest BCUT2D eigenvalue weighted by Gasteiger charge is 2.20. The van der Waals surface area contributed by atoms with Crippen molar-refractivity contribution in [3.63, 3.8) is 0 Å². The molecule has 1 aliphatic carbocycles. The Hall–Kier alpha value is -3.62.